The van der Waals surface area contributed by atoms with Crippen molar-refractivity contribution in [2.75, 3.05) is 13.1 Å². The second kappa shape index (κ2) is 8.32. The largest absolute Gasteiger partial charge is 0.356 e. The third kappa shape index (κ3) is 5.55. The normalized spacial score (nSPS) is 26.7. The maximum absolute atomic E-state index is 12.5. The molecule has 2 fully saturated rings. The molecule has 1 saturated heterocycles. The molecule has 2 unspecified atom stereocenters. The van der Waals surface area contributed by atoms with Gasteiger partial charge in [-0.2, -0.15) is 0 Å². The van der Waals surface area contributed by atoms with Gasteiger partial charge < -0.3 is 5.32 Å². The lowest BCUT2D eigenvalue weighted by atomic mass is 9.79. The summed E-state index contributed by atoms with van der Waals surface area (Å²) < 4.78 is 0. The van der Waals surface area contributed by atoms with Crippen LogP contribution < -0.4 is 5.32 Å². The number of carbonyl (C=O) groups is 3. The highest BCUT2D eigenvalue weighted by Gasteiger charge is 2.44. The van der Waals surface area contributed by atoms with Crippen LogP contribution in [0.5, 0.6) is 0 Å². The molecule has 0 radical (unpaired) electrons. The van der Waals surface area contributed by atoms with Crippen LogP contribution in [0, 0.1) is 28.6 Å². The van der Waals surface area contributed by atoms with Gasteiger partial charge in [-0.05, 0) is 48.9 Å². The molecule has 2 rings (SSSR count). The number of rotatable bonds is 6. The number of carbonyl (C=O) groups excluding carboxylic acids is 3. The predicted octanol–water partition coefficient (Wildman–Crippen LogP) is 3.77. The molecule has 5 heteroatoms. The van der Waals surface area contributed by atoms with Crippen LogP contribution >= 0.6 is 0 Å². The molecular weight excluding hydrogens is 340 g/mol. The highest BCUT2D eigenvalue weighted by Crippen LogP contribution is 2.42. The molecule has 1 heterocycles. The molecule has 154 valence electrons. The summed E-state index contributed by atoms with van der Waals surface area (Å²) in [5.74, 6) is 0.643. The van der Waals surface area contributed by atoms with Crippen LogP contribution in [0.25, 0.3) is 0 Å². The first kappa shape index (κ1) is 21.9. The van der Waals surface area contributed by atoms with Crippen molar-refractivity contribution in [2.45, 2.75) is 80.1 Å². The second-order valence-corrected chi connectivity index (χ2v) is 10.6. The summed E-state index contributed by atoms with van der Waals surface area (Å²) in [6.45, 7) is 13.9. The first-order chi connectivity index (χ1) is 12.4. The third-order valence-electron chi connectivity index (χ3n) is 6.43. The van der Waals surface area contributed by atoms with Gasteiger partial charge in [0.1, 0.15) is 0 Å². The predicted molar refractivity (Wildman–Crippen MR) is 107 cm³/mol. The molecule has 2 aliphatic rings. The molecule has 1 saturated carbocycles. The van der Waals surface area contributed by atoms with Crippen molar-refractivity contribution in [3.63, 3.8) is 0 Å². The van der Waals surface area contributed by atoms with E-state index in [2.05, 4.69) is 26.1 Å². The van der Waals surface area contributed by atoms with Crippen LogP contribution in [-0.2, 0) is 14.4 Å². The molecule has 0 aromatic heterocycles. The summed E-state index contributed by atoms with van der Waals surface area (Å²) in [4.78, 5) is 38.4. The number of nitrogens with zero attached hydrogens (tertiary/aromatic N) is 1. The molecule has 27 heavy (non-hydrogen) atoms. The summed E-state index contributed by atoms with van der Waals surface area (Å²) in [6.07, 6.45) is 4.97. The quantitative estimate of drug-likeness (QED) is 0.565. The topological polar surface area (TPSA) is 66.5 Å². The standard InChI is InChI=1S/C22H38N2O3/c1-21(2,3)16-10-9-15(13-16)19(26)23-11-7-8-12-24-18(25)14-17(20(24)27)22(4,5)6/h15-17H,7-14H2,1-6H3,(H,23,26)/t15?,16-,17?/m1/s1. The Morgan fingerprint density at radius 1 is 1.04 bits per heavy atom. The van der Waals surface area contributed by atoms with Gasteiger partial charge in [0, 0.05) is 25.4 Å². The number of amides is 3. The number of unbranched alkanes of at least 4 members (excludes halogenated alkanes) is 1. The molecule has 0 spiro atoms. The molecule has 0 aromatic carbocycles. The number of nitrogens with one attached hydrogen (secondary N) is 1. The van der Waals surface area contributed by atoms with E-state index in [1.54, 1.807) is 0 Å². The summed E-state index contributed by atoms with van der Waals surface area (Å²) in [5, 5.41) is 3.05. The lowest BCUT2D eigenvalue weighted by molar-refractivity contribution is -0.140. The van der Waals surface area contributed by atoms with Gasteiger partial charge in [0.15, 0.2) is 0 Å². The fourth-order valence-electron chi connectivity index (χ4n) is 4.35. The molecule has 1 aliphatic carbocycles. The number of hydrogen-bond acceptors (Lipinski definition) is 3. The monoisotopic (exact) mass is 378 g/mol. The van der Waals surface area contributed by atoms with E-state index in [1.165, 1.54) is 4.90 Å². The van der Waals surface area contributed by atoms with Gasteiger partial charge in [-0.3, -0.25) is 19.3 Å². The van der Waals surface area contributed by atoms with Crippen molar-refractivity contribution < 1.29 is 14.4 Å². The zero-order valence-electron chi connectivity index (χ0n) is 18.1. The highest BCUT2D eigenvalue weighted by molar-refractivity contribution is 6.03. The minimum Gasteiger partial charge on any atom is -0.356 e. The van der Waals surface area contributed by atoms with Crippen molar-refractivity contribution in [3.05, 3.63) is 0 Å². The van der Waals surface area contributed by atoms with E-state index in [-0.39, 0.29) is 40.4 Å². The van der Waals surface area contributed by atoms with Gasteiger partial charge in [-0.25, -0.2) is 0 Å². The van der Waals surface area contributed by atoms with E-state index in [0.717, 1.165) is 32.1 Å². The van der Waals surface area contributed by atoms with Crippen LogP contribution in [0.4, 0.5) is 0 Å². The molecule has 0 bridgehead atoms. The summed E-state index contributed by atoms with van der Waals surface area (Å²) in [7, 11) is 0. The molecule has 0 aromatic rings. The lowest BCUT2D eigenvalue weighted by Gasteiger charge is -2.26. The number of likely N-dealkylation sites (tertiary alicyclic amines) is 1. The first-order valence-corrected chi connectivity index (χ1v) is 10.5. The SMILES string of the molecule is CC(C)(C)C1CC(=O)N(CCCCNC(=O)C2CC[C@@H](C(C)(C)C)C2)C1=O. The molecule has 1 aliphatic heterocycles. The summed E-state index contributed by atoms with van der Waals surface area (Å²) in [6, 6.07) is 0. The maximum Gasteiger partial charge on any atom is 0.233 e. The van der Waals surface area contributed by atoms with Crippen LogP contribution in [0.15, 0.2) is 0 Å². The Balaban J connectivity index is 1.67. The summed E-state index contributed by atoms with van der Waals surface area (Å²) >= 11 is 0. The fourth-order valence-corrected chi connectivity index (χ4v) is 4.35. The Bertz CT molecular complexity index is 571. The van der Waals surface area contributed by atoms with Crippen LogP contribution in [0.1, 0.15) is 80.1 Å². The van der Waals surface area contributed by atoms with Gasteiger partial charge in [0.25, 0.3) is 0 Å². The van der Waals surface area contributed by atoms with Crippen LogP contribution in [0.2, 0.25) is 0 Å². The zero-order chi connectivity index (χ0) is 20.4. The Labute approximate surface area is 164 Å². The highest BCUT2D eigenvalue weighted by atomic mass is 16.2. The zero-order valence-corrected chi connectivity index (χ0v) is 18.1. The van der Waals surface area contributed by atoms with E-state index < -0.39 is 0 Å². The average molecular weight is 379 g/mol. The fraction of sp³-hybridized carbons (Fsp3) is 0.864. The van der Waals surface area contributed by atoms with E-state index in [9.17, 15) is 14.4 Å². The minimum atomic E-state index is -0.206. The maximum atomic E-state index is 12.5. The Hall–Kier alpha value is -1.39. The van der Waals surface area contributed by atoms with Gasteiger partial charge in [-0.15, -0.1) is 0 Å². The smallest absolute Gasteiger partial charge is 0.233 e. The van der Waals surface area contributed by atoms with Crippen molar-refractivity contribution in [2.24, 2.45) is 28.6 Å². The van der Waals surface area contributed by atoms with Crippen molar-refractivity contribution >= 4 is 17.7 Å². The molecule has 3 amide bonds. The Morgan fingerprint density at radius 3 is 2.22 bits per heavy atom. The number of imide groups is 1. The number of hydrogen-bond donors (Lipinski definition) is 1. The van der Waals surface area contributed by atoms with Gasteiger partial charge in [-0.1, -0.05) is 41.5 Å². The van der Waals surface area contributed by atoms with E-state index >= 15 is 0 Å². The van der Waals surface area contributed by atoms with Crippen LogP contribution in [-0.4, -0.2) is 35.7 Å². The molecular formula is C22H38N2O3. The van der Waals surface area contributed by atoms with Gasteiger partial charge >= 0.3 is 0 Å². The van der Waals surface area contributed by atoms with E-state index in [4.69, 9.17) is 0 Å². The van der Waals surface area contributed by atoms with Crippen molar-refractivity contribution in [1.29, 1.82) is 0 Å². The third-order valence-corrected chi connectivity index (χ3v) is 6.43. The lowest BCUT2D eigenvalue weighted by Crippen LogP contribution is -2.35. The van der Waals surface area contributed by atoms with E-state index in [1.807, 2.05) is 20.8 Å². The van der Waals surface area contributed by atoms with E-state index in [0.29, 0.717) is 25.4 Å². The Kier molecular flexibility index (Phi) is 6.75. The van der Waals surface area contributed by atoms with Crippen LogP contribution in [0.3, 0.4) is 0 Å². The average Bonchev–Trinajstić information content (AvgIpc) is 3.13. The molecule has 5 nitrogen and oxygen atoms in total. The minimum absolute atomic E-state index is 0.0317. The molecule has 1 N–H and O–H groups in total. The Morgan fingerprint density at radius 2 is 1.70 bits per heavy atom. The molecule has 3 atom stereocenters. The van der Waals surface area contributed by atoms with Gasteiger partial charge in [0.2, 0.25) is 17.7 Å². The summed E-state index contributed by atoms with van der Waals surface area (Å²) in [5.41, 5.74) is 0.0937. The van der Waals surface area contributed by atoms with Gasteiger partial charge in [0.05, 0.1) is 5.92 Å². The van der Waals surface area contributed by atoms with Crippen molar-refractivity contribution in [1.82, 2.24) is 10.2 Å². The first-order valence-electron chi connectivity index (χ1n) is 10.5. The van der Waals surface area contributed by atoms with Crippen molar-refractivity contribution in [3.8, 4) is 0 Å². The second-order valence-electron chi connectivity index (χ2n) is 10.6.